The van der Waals surface area contributed by atoms with Crippen LogP contribution in [0.25, 0.3) is 11.1 Å². The van der Waals surface area contributed by atoms with Gasteiger partial charge in [-0.3, -0.25) is 4.79 Å². The molecule has 0 spiro atoms. The average Bonchev–Trinajstić information content (AvgIpc) is 2.92. The fraction of sp³-hybridized carbons (Fsp3) is 0.0500. The lowest BCUT2D eigenvalue weighted by molar-refractivity contribution is 0.107. The van der Waals surface area contributed by atoms with E-state index in [9.17, 15) is 9.36 Å². The molecule has 0 bridgehead atoms. The van der Waals surface area contributed by atoms with Crippen LogP contribution in [-0.4, -0.2) is 12.6 Å². The lowest BCUT2D eigenvalue weighted by Gasteiger charge is -2.14. The van der Waals surface area contributed by atoms with Crippen molar-refractivity contribution in [1.29, 1.82) is 0 Å². The lowest BCUT2D eigenvalue weighted by Crippen LogP contribution is -2.18. The Hall–Kier alpha value is -2.64. The number of ether oxygens (including phenoxy) is 1. The largest absolute Gasteiger partial charge is 0.497 e. The second kappa shape index (κ2) is 5.47. The van der Waals surface area contributed by atoms with Crippen LogP contribution in [0.3, 0.4) is 0 Å². The molecule has 1 heterocycles. The molecular formula is C20H15O3P. The van der Waals surface area contributed by atoms with E-state index < -0.39 is 7.14 Å². The Labute approximate surface area is 140 Å². The van der Waals surface area contributed by atoms with Crippen LogP contribution in [0.1, 0.15) is 10.4 Å². The van der Waals surface area contributed by atoms with Gasteiger partial charge in [-0.15, -0.1) is 0 Å². The third kappa shape index (κ3) is 1.98. The number of methoxy groups -OCH3 is 1. The molecule has 0 saturated carbocycles. The standard InChI is InChI=1S/C20H15O3P/c1-23-15-12-10-14(11-13-15)20(21)24(22)18-8-4-2-6-16(18)17-7-3-5-9-19(17)24/h2-13H,1H3. The van der Waals surface area contributed by atoms with Crippen LogP contribution in [0.15, 0.2) is 72.8 Å². The Morgan fingerprint density at radius 1 is 0.792 bits per heavy atom. The quantitative estimate of drug-likeness (QED) is 0.684. The summed E-state index contributed by atoms with van der Waals surface area (Å²) in [5.74, 6) is 0.664. The van der Waals surface area contributed by atoms with Gasteiger partial charge in [0.25, 0.3) is 0 Å². The molecule has 1 aliphatic heterocycles. The first-order chi connectivity index (χ1) is 11.7. The summed E-state index contributed by atoms with van der Waals surface area (Å²) in [5, 5.41) is 1.26. The van der Waals surface area contributed by atoms with Crippen molar-refractivity contribution in [3.8, 4) is 16.9 Å². The van der Waals surface area contributed by atoms with Gasteiger partial charge in [0.15, 0.2) is 0 Å². The van der Waals surface area contributed by atoms with Crippen molar-refractivity contribution in [3.05, 3.63) is 78.4 Å². The molecule has 0 atom stereocenters. The van der Waals surface area contributed by atoms with E-state index in [0.29, 0.717) is 21.9 Å². The molecule has 1 aliphatic rings. The Morgan fingerprint density at radius 3 is 1.79 bits per heavy atom. The van der Waals surface area contributed by atoms with Gasteiger partial charge in [0, 0.05) is 16.2 Å². The van der Waals surface area contributed by atoms with Crippen molar-refractivity contribution in [3.63, 3.8) is 0 Å². The second-order valence-electron chi connectivity index (χ2n) is 5.68. The van der Waals surface area contributed by atoms with Crippen molar-refractivity contribution in [2.45, 2.75) is 0 Å². The van der Waals surface area contributed by atoms with Crippen molar-refractivity contribution in [1.82, 2.24) is 0 Å². The summed E-state index contributed by atoms with van der Waals surface area (Å²) in [6.07, 6.45) is 0. The maximum absolute atomic E-state index is 13.9. The molecule has 3 nitrogen and oxygen atoms in total. The number of fused-ring (bicyclic) bond motifs is 3. The minimum Gasteiger partial charge on any atom is -0.497 e. The zero-order chi connectivity index (χ0) is 16.7. The predicted molar refractivity (Wildman–Crippen MR) is 96.1 cm³/mol. The highest BCUT2D eigenvalue weighted by Gasteiger charge is 2.44. The van der Waals surface area contributed by atoms with Gasteiger partial charge in [0.05, 0.1) is 7.11 Å². The number of carbonyl (C=O) groups is 1. The maximum Gasteiger partial charge on any atom is 0.230 e. The molecule has 0 unspecified atom stereocenters. The molecule has 3 aromatic rings. The summed E-state index contributed by atoms with van der Waals surface area (Å²) in [7, 11) is -1.79. The summed E-state index contributed by atoms with van der Waals surface area (Å²) >= 11 is 0. The molecule has 118 valence electrons. The van der Waals surface area contributed by atoms with Crippen molar-refractivity contribution in [2.24, 2.45) is 0 Å². The molecule has 0 aromatic heterocycles. The van der Waals surface area contributed by atoms with E-state index in [4.69, 9.17) is 4.74 Å². The number of benzene rings is 3. The molecule has 0 N–H and O–H groups in total. The number of rotatable bonds is 3. The molecule has 4 heteroatoms. The van der Waals surface area contributed by atoms with Gasteiger partial charge in [0.2, 0.25) is 12.7 Å². The Bertz CT molecular complexity index is 940. The van der Waals surface area contributed by atoms with E-state index in [-0.39, 0.29) is 5.52 Å². The first-order valence-corrected chi connectivity index (χ1v) is 9.35. The molecular weight excluding hydrogens is 319 g/mol. The van der Waals surface area contributed by atoms with Crippen LogP contribution in [0.2, 0.25) is 0 Å². The van der Waals surface area contributed by atoms with Crippen molar-refractivity contribution >= 4 is 23.3 Å². The van der Waals surface area contributed by atoms with Crippen LogP contribution in [0, 0.1) is 0 Å². The Morgan fingerprint density at radius 2 is 1.29 bits per heavy atom. The van der Waals surface area contributed by atoms with Crippen LogP contribution < -0.4 is 15.3 Å². The van der Waals surface area contributed by atoms with Gasteiger partial charge in [-0.2, -0.15) is 0 Å². The van der Waals surface area contributed by atoms with Gasteiger partial charge >= 0.3 is 0 Å². The second-order valence-corrected chi connectivity index (χ2v) is 8.27. The summed E-state index contributed by atoms with van der Waals surface area (Å²) in [6.45, 7) is 0. The summed E-state index contributed by atoms with van der Waals surface area (Å²) in [4.78, 5) is 13.2. The monoisotopic (exact) mass is 334 g/mol. The highest BCUT2D eigenvalue weighted by Crippen LogP contribution is 2.55. The third-order valence-corrected chi connectivity index (χ3v) is 7.37. The zero-order valence-corrected chi connectivity index (χ0v) is 14.0. The number of hydrogen-bond donors (Lipinski definition) is 0. The minimum absolute atomic E-state index is 0.331. The third-order valence-electron chi connectivity index (χ3n) is 4.40. The van der Waals surface area contributed by atoms with E-state index in [2.05, 4.69) is 0 Å². The summed E-state index contributed by atoms with van der Waals surface area (Å²) in [6, 6.07) is 21.7. The first kappa shape index (κ1) is 14.9. The minimum atomic E-state index is -3.37. The van der Waals surface area contributed by atoms with Crippen molar-refractivity contribution < 1.29 is 14.1 Å². The van der Waals surface area contributed by atoms with Crippen LogP contribution in [0.4, 0.5) is 0 Å². The molecule has 4 rings (SSSR count). The van der Waals surface area contributed by atoms with Crippen LogP contribution in [-0.2, 0) is 4.57 Å². The normalized spacial score (nSPS) is 13.9. The topological polar surface area (TPSA) is 43.4 Å². The van der Waals surface area contributed by atoms with Gasteiger partial charge in [-0.25, -0.2) is 0 Å². The molecule has 0 radical (unpaired) electrons. The Balaban J connectivity index is 1.92. The van der Waals surface area contributed by atoms with E-state index in [0.717, 1.165) is 11.1 Å². The number of hydrogen-bond acceptors (Lipinski definition) is 3. The van der Waals surface area contributed by atoms with E-state index in [1.165, 1.54) is 0 Å². The van der Waals surface area contributed by atoms with E-state index >= 15 is 0 Å². The van der Waals surface area contributed by atoms with Crippen molar-refractivity contribution in [2.75, 3.05) is 7.11 Å². The SMILES string of the molecule is COc1ccc(C(=O)P2(=O)c3ccccc3-c3ccccc32)cc1. The van der Waals surface area contributed by atoms with Crippen LogP contribution in [0.5, 0.6) is 5.75 Å². The molecule has 0 aliphatic carbocycles. The smallest absolute Gasteiger partial charge is 0.230 e. The van der Waals surface area contributed by atoms with Gasteiger partial charge in [-0.1, -0.05) is 48.5 Å². The Kier molecular flexibility index (Phi) is 3.40. The fourth-order valence-corrected chi connectivity index (χ4v) is 6.09. The molecule has 3 aromatic carbocycles. The van der Waals surface area contributed by atoms with Gasteiger partial charge < -0.3 is 9.30 Å². The van der Waals surface area contributed by atoms with E-state index in [1.54, 1.807) is 43.5 Å². The molecule has 0 saturated heterocycles. The predicted octanol–water partition coefficient (Wildman–Crippen LogP) is 3.83. The first-order valence-electron chi connectivity index (χ1n) is 7.65. The molecule has 24 heavy (non-hydrogen) atoms. The average molecular weight is 334 g/mol. The zero-order valence-electron chi connectivity index (χ0n) is 13.1. The van der Waals surface area contributed by atoms with Crippen LogP contribution >= 0.6 is 7.14 Å². The van der Waals surface area contributed by atoms with Gasteiger partial charge in [-0.05, 0) is 35.4 Å². The highest BCUT2D eigenvalue weighted by atomic mass is 31.2. The summed E-state index contributed by atoms with van der Waals surface area (Å²) < 4.78 is 19.1. The molecule has 0 amide bonds. The lowest BCUT2D eigenvalue weighted by atomic mass is 10.1. The fourth-order valence-electron chi connectivity index (χ4n) is 3.22. The molecule has 0 fully saturated rings. The summed E-state index contributed by atoms with van der Waals surface area (Å²) in [5.41, 5.74) is 1.88. The van der Waals surface area contributed by atoms with Gasteiger partial charge in [0.1, 0.15) is 5.75 Å². The maximum atomic E-state index is 13.9. The highest BCUT2D eigenvalue weighted by molar-refractivity contribution is 7.94. The van der Waals surface area contributed by atoms with E-state index in [1.807, 2.05) is 36.4 Å². The number of carbonyl (C=O) groups excluding carboxylic acids is 1.